The molecular weight excluding hydrogens is 472 g/mol. The first-order chi connectivity index (χ1) is 17.3. The van der Waals surface area contributed by atoms with Gasteiger partial charge in [-0.15, -0.1) is 0 Å². The monoisotopic (exact) mass is 506 g/mol. The number of hydrogen-bond acceptors (Lipinski definition) is 7. The summed E-state index contributed by atoms with van der Waals surface area (Å²) in [7, 11) is 0. The van der Waals surface area contributed by atoms with E-state index in [1.807, 2.05) is 39.8 Å². The average Bonchev–Trinajstić information content (AvgIpc) is 3.48. The van der Waals surface area contributed by atoms with Crippen LogP contribution < -0.4 is 0 Å². The van der Waals surface area contributed by atoms with Gasteiger partial charge in [-0.3, -0.25) is 9.59 Å². The van der Waals surface area contributed by atoms with Crippen molar-refractivity contribution in [3.8, 4) is 0 Å². The number of carbonyl (C=O) groups excluding carboxylic acids is 3. The van der Waals surface area contributed by atoms with Crippen molar-refractivity contribution in [1.29, 1.82) is 0 Å². The van der Waals surface area contributed by atoms with Crippen molar-refractivity contribution in [1.82, 2.24) is 0 Å². The second-order valence-electron chi connectivity index (χ2n) is 13.2. The summed E-state index contributed by atoms with van der Waals surface area (Å²) in [4.78, 5) is 39.8. The molecule has 2 bridgehead atoms. The van der Waals surface area contributed by atoms with Crippen molar-refractivity contribution in [2.75, 3.05) is 0 Å². The average molecular weight is 507 g/mol. The molecule has 0 aromatic heterocycles. The number of esters is 2. The lowest BCUT2D eigenvalue weighted by Crippen LogP contribution is -2.52. The van der Waals surface area contributed by atoms with Crippen molar-refractivity contribution >= 4 is 17.7 Å². The fourth-order valence-electron chi connectivity index (χ4n) is 10.1. The summed E-state index contributed by atoms with van der Waals surface area (Å²) in [5.74, 6) is -2.45. The maximum absolute atomic E-state index is 14.2. The summed E-state index contributed by atoms with van der Waals surface area (Å²) in [5, 5.41) is 23.8. The van der Waals surface area contributed by atoms with Gasteiger partial charge in [0.05, 0.1) is 17.1 Å². The fourth-order valence-corrected chi connectivity index (χ4v) is 10.1. The number of rotatable bonds is 0. The normalized spacial score (nSPS) is 53.5. The zero-order chi connectivity index (χ0) is 26.4. The van der Waals surface area contributed by atoms with Crippen LogP contribution in [0.25, 0.3) is 0 Å². The standard InChI is InChI=1S/C30H34O7/c1-13-11-18(32)21-23(20-14(2)10-17(31)19(13)20)37-26(34)30(21)12-29-9-8-27(30,4)24(29)22-16(6-7-28(29,5)35)15(3)25(33)36-22/h8-10,16,18,20-24,32,35H,3,6-7,11-12H2,1-2,4-5H3/t16-,18-,20-,21+,22-,23+,24-,27-,28+,29+,30-/m0/s1. The van der Waals surface area contributed by atoms with Gasteiger partial charge in [0.15, 0.2) is 5.78 Å². The van der Waals surface area contributed by atoms with Crippen LogP contribution in [0.1, 0.15) is 53.4 Å². The molecule has 0 aromatic carbocycles. The Labute approximate surface area is 216 Å². The Balaban J connectivity index is 1.43. The van der Waals surface area contributed by atoms with Crippen LogP contribution in [0, 0.1) is 39.9 Å². The van der Waals surface area contributed by atoms with Gasteiger partial charge in [0.1, 0.15) is 12.2 Å². The molecule has 4 fully saturated rings. The number of allylic oxidation sites excluding steroid dienone is 2. The molecule has 2 aliphatic heterocycles. The Hall–Kier alpha value is -2.51. The Kier molecular flexibility index (Phi) is 4.29. The lowest BCUT2D eigenvalue weighted by Gasteiger charge is -2.46. The minimum Gasteiger partial charge on any atom is -0.460 e. The number of fused-ring (bicyclic) bond motifs is 6. The van der Waals surface area contributed by atoms with Crippen molar-refractivity contribution in [3.05, 3.63) is 47.1 Å². The molecule has 2 N–H and O–H groups in total. The maximum atomic E-state index is 14.2. The highest BCUT2D eigenvalue weighted by Gasteiger charge is 2.84. The van der Waals surface area contributed by atoms with Crippen LogP contribution in [0.15, 0.2) is 47.1 Å². The largest absolute Gasteiger partial charge is 0.460 e. The minimum absolute atomic E-state index is 0.0743. The van der Waals surface area contributed by atoms with E-state index < -0.39 is 52.0 Å². The quantitative estimate of drug-likeness (QED) is 0.295. The van der Waals surface area contributed by atoms with Gasteiger partial charge in [-0.25, -0.2) is 4.79 Å². The molecule has 7 aliphatic rings. The third kappa shape index (κ3) is 2.37. The van der Waals surface area contributed by atoms with E-state index in [4.69, 9.17) is 9.47 Å². The molecule has 2 heterocycles. The molecule has 0 radical (unpaired) electrons. The van der Waals surface area contributed by atoms with Crippen LogP contribution >= 0.6 is 0 Å². The van der Waals surface area contributed by atoms with E-state index in [2.05, 4.69) is 6.58 Å². The lowest BCUT2D eigenvalue weighted by molar-refractivity contribution is -0.155. The zero-order valence-electron chi connectivity index (χ0n) is 21.7. The van der Waals surface area contributed by atoms with Crippen LogP contribution in [0.3, 0.4) is 0 Å². The van der Waals surface area contributed by atoms with Gasteiger partial charge in [-0.1, -0.05) is 36.8 Å². The van der Waals surface area contributed by atoms with Crippen molar-refractivity contribution in [3.63, 3.8) is 0 Å². The Morgan fingerprint density at radius 1 is 1.08 bits per heavy atom. The molecule has 0 unspecified atom stereocenters. The smallest absolute Gasteiger partial charge is 0.334 e. The van der Waals surface area contributed by atoms with Gasteiger partial charge in [0.25, 0.3) is 0 Å². The summed E-state index contributed by atoms with van der Waals surface area (Å²) in [6.45, 7) is 11.6. The molecule has 0 amide bonds. The molecule has 7 nitrogen and oxygen atoms in total. The van der Waals surface area contributed by atoms with E-state index in [1.165, 1.54) is 0 Å². The molecule has 0 aromatic rings. The third-order valence-corrected chi connectivity index (χ3v) is 11.8. The van der Waals surface area contributed by atoms with E-state index >= 15 is 0 Å². The van der Waals surface area contributed by atoms with Gasteiger partial charge >= 0.3 is 11.9 Å². The van der Waals surface area contributed by atoms with Crippen molar-refractivity contribution in [2.45, 2.75) is 77.3 Å². The number of aliphatic hydroxyl groups excluding tert-OH is 1. The van der Waals surface area contributed by atoms with E-state index in [1.54, 1.807) is 6.08 Å². The molecule has 2 saturated heterocycles. The predicted octanol–water partition coefficient (Wildman–Crippen LogP) is 2.97. The number of hydrogen-bond donors (Lipinski definition) is 2. The molecule has 1 spiro atoms. The summed E-state index contributed by atoms with van der Waals surface area (Å²) in [6, 6.07) is 0. The molecule has 7 rings (SSSR count). The molecule has 2 saturated carbocycles. The molecular formula is C30H34O7. The van der Waals surface area contributed by atoms with Gasteiger partial charge in [-0.05, 0) is 52.5 Å². The highest BCUT2D eigenvalue weighted by Crippen LogP contribution is 2.80. The minimum atomic E-state index is -1.17. The summed E-state index contributed by atoms with van der Waals surface area (Å²) in [5.41, 5.74) is -1.24. The first-order valence-corrected chi connectivity index (χ1v) is 13.4. The fraction of sp³-hybridized carbons (Fsp3) is 0.633. The highest BCUT2D eigenvalue weighted by molar-refractivity contribution is 6.09. The lowest BCUT2D eigenvalue weighted by atomic mass is 9.54. The van der Waals surface area contributed by atoms with Crippen LogP contribution in [0.5, 0.6) is 0 Å². The third-order valence-electron chi connectivity index (χ3n) is 11.8. The second-order valence-corrected chi connectivity index (χ2v) is 13.2. The number of ether oxygens (including phenoxy) is 2. The first kappa shape index (κ1) is 23.6. The Bertz CT molecular complexity index is 1300. The van der Waals surface area contributed by atoms with Crippen LogP contribution in [-0.4, -0.2) is 51.8 Å². The van der Waals surface area contributed by atoms with Gasteiger partial charge in [0.2, 0.25) is 0 Å². The molecule has 11 atom stereocenters. The van der Waals surface area contributed by atoms with Gasteiger partial charge in [0, 0.05) is 45.6 Å². The Morgan fingerprint density at radius 2 is 1.81 bits per heavy atom. The predicted molar refractivity (Wildman–Crippen MR) is 132 cm³/mol. The second kappa shape index (κ2) is 6.73. The van der Waals surface area contributed by atoms with Gasteiger partial charge < -0.3 is 19.7 Å². The van der Waals surface area contributed by atoms with Crippen LogP contribution in [0.2, 0.25) is 0 Å². The van der Waals surface area contributed by atoms with Crippen LogP contribution in [-0.2, 0) is 23.9 Å². The molecule has 37 heavy (non-hydrogen) atoms. The number of aliphatic hydroxyl groups is 2. The summed E-state index contributed by atoms with van der Waals surface area (Å²) < 4.78 is 12.2. The summed E-state index contributed by atoms with van der Waals surface area (Å²) >= 11 is 0. The van der Waals surface area contributed by atoms with Gasteiger partial charge in [-0.2, -0.15) is 0 Å². The van der Waals surface area contributed by atoms with Crippen LogP contribution in [0.4, 0.5) is 0 Å². The summed E-state index contributed by atoms with van der Waals surface area (Å²) in [6.07, 6.45) is 5.20. The molecule has 196 valence electrons. The van der Waals surface area contributed by atoms with E-state index in [0.717, 1.165) is 11.1 Å². The molecule has 7 heteroatoms. The van der Waals surface area contributed by atoms with Crippen molar-refractivity contribution < 1.29 is 34.1 Å². The van der Waals surface area contributed by atoms with Crippen molar-refractivity contribution in [2.24, 2.45) is 39.9 Å². The van der Waals surface area contributed by atoms with E-state index in [-0.39, 0.29) is 35.9 Å². The number of carbonyl (C=O) groups is 3. The van der Waals surface area contributed by atoms with E-state index in [0.29, 0.717) is 30.4 Å². The maximum Gasteiger partial charge on any atom is 0.334 e. The Morgan fingerprint density at radius 3 is 2.54 bits per heavy atom. The number of ketones is 1. The topological polar surface area (TPSA) is 110 Å². The molecule has 5 aliphatic carbocycles. The SMILES string of the molecule is C=C1C(=O)O[C@H]2[C@H]1CC[C@@](C)(O)[C@@]13C=C[C@@](C)([C@H]21)[C@]1(C3)C(=O)O[C@@H]2[C@H]3C(C)=CC(=O)C3=C(C)C[C@H](O)[C@H]21. The highest BCUT2D eigenvalue weighted by atomic mass is 16.6. The first-order valence-electron chi connectivity index (χ1n) is 13.4. The van der Waals surface area contributed by atoms with E-state index in [9.17, 15) is 24.6 Å². The zero-order valence-corrected chi connectivity index (χ0v) is 21.7.